The summed E-state index contributed by atoms with van der Waals surface area (Å²) in [5.41, 5.74) is 2.54. The molecule has 0 radical (unpaired) electrons. The van der Waals surface area contributed by atoms with Crippen LogP contribution < -0.4 is 10.1 Å². The monoisotopic (exact) mass is 430 g/mol. The summed E-state index contributed by atoms with van der Waals surface area (Å²) in [6.07, 6.45) is 6.16. The average molecular weight is 431 g/mol. The number of nitrogens with one attached hydrogen (secondary N) is 1. The molecule has 0 bridgehead atoms. The van der Waals surface area contributed by atoms with Gasteiger partial charge in [0.05, 0.1) is 12.7 Å². The van der Waals surface area contributed by atoms with Crippen molar-refractivity contribution in [1.29, 1.82) is 5.26 Å². The van der Waals surface area contributed by atoms with Crippen molar-refractivity contribution in [2.75, 3.05) is 12.4 Å². The minimum absolute atomic E-state index is 0.254. The van der Waals surface area contributed by atoms with Crippen LogP contribution in [0.4, 0.5) is 5.00 Å². The molecular formula is C20H19BrN2O2S. The summed E-state index contributed by atoms with van der Waals surface area (Å²) in [4.78, 5) is 13.6. The lowest BCUT2D eigenvalue weighted by Crippen LogP contribution is -2.10. The Kier molecular flexibility index (Phi) is 5.80. The Morgan fingerprint density at radius 1 is 1.50 bits per heavy atom. The highest BCUT2D eigenvalue weighted by Crippen LogP contribution is 2.39. The number of hydrogen-bond donors (Lipinski definition) is 1. The van der Waals surface area contributed by atoms with E-state index in [1.807, 2.05) is 18.2 Å². The summed E-state index contributed by atoms with van der Waals surface area (Å²) >= 11 is 4.95. The summed E-state index contributed by atoms with van der Waals surface area (Å²) < 4.78 is 6.22. The van der Waals surface area contributed by atoms with Gasteiger partial charge in [0.2, 0.25) is 5.91 Å². The van der Waals surface area contributed by atoms with E-state index in [0.717, 1.165) is 34.9 Å². The van der Waals surface area contributed by atoms with Gasteiger partial charge in [0.1, 0.15) is 16.8 Å². The molecule has 1 aromatic heterocycles. The van der Waals surface area contributed by atoms with Crippen molar-refractivity contribution in [3.63, 3.8) is 0 Å². The summed E-state index contributed by atoms with van der Waals surface area (Å²) in [5.74, 6) is 1.06. The maximum absolute atomic E-state index is 12.4. The molecule has 26 heavy (non-hydrogen) atoms. The van der Waals surface area contributed by atoms with Gasteiger partial charge in [0.25, 0.3) is 0 Å². The van der Waals surface area contributed by atoms with Crippen molar-refractivity contribution >= 4 is 44.3 Å². The Bertz CT molecular complexity index is 911. The second kappa shape index (κ2) is 8.07. The van der Waals surface area contributed by atoms with Crippen LogP contribution in [-0.4, -0.2) is 13.0 Å². The van der Waals surface area contributed by atoms with Gasteiger partial charge in [-0.2, -0.15) is 5.26 Å². The number of fused-ring (bicyclic) bond motifs is 1. The van der Waals surface area contributed by atoms with Gasteiger partial charge in [-0.25, -0.2) is 0 Å². The van der Waals surface area contributed by atoms with Crippen molar-refractivity contribution in [2.45, 2.75) is 26.2 Å². The van der Waals surface area contributed by atoms with Crippen LogP contribution >= 0.6 is 27.3 Å². The zero-order valence-electron chi connectivity index (χ0n) is 14.6. The minimum Gasteiger partial charge on any atom is -0.496 e. The predicted molar refractivity (Wildman–Crippen MR) is 109 cm³/mol. The fourth-order valence-electron chi connectivity index (χ4n) is 3.11. The van der Waals surface area contributed by atoms with Crippen LogP contribution in [0, 0.1) is 17.2 Å². The van der Waals surface area contributed by atoms with E-state index in [1.165, 1.54) is 22.3 Å². The fourth-order valence-corrected chi connectivity index (χ4v) is 4.85. The highest BCUT2D eigenvalue weighted by molar-refractivity contribution is 9.10. The Morgan fingerprint density at radius 2 is 2.31 bits per heavy atom. The molecule has 0 aliphatic heterocycles. The number of ether oxygens (including phenoxy) is 1. The van der Waals surface area contributed by atoms with Gasteiger partial charge in [-0.05, 0) is 55.0 Å². The number of rotatable bonds is 4. The first-order valence-electron chi connectivity index (χ1n) is 8.39. The number of amides is 1. The second-order valence-corrected chi connectivity index (χ2v) is 8.40. The molecule has 6 heteroatoms. The van der Waals surface area contributed by atoms with Crippen molar-refractivity contribution in [3.8, 4) is 11.8 Å². The van der Waals surface area contributed by atoms with E-state index < -0.39 is 0 Å². The largest absolute Gasteiger partial charge is 0.496 e. The predicted octanol–water partition coefficient (Wildman–Crippen LogP) is 5.17. The van der Waals surface area contributed by atoms with E-state index in [2.05, 4.69) is 34.2 Å². The molecule has 0 fully saturated rings. The molecule has 0 saturated carbocycles. The standard InChI is InChI=1S/C20H19BrN2O2S/c1-12-3-6-15-16(11-22)20(26-18(15)9-12)23-19(24)8-4-13-10-14(21)5-7-17(13)25-2/h4-5,7-8,10,12H,3,6,9H2,1-2H3,(H,23,24). The van der Waals surface area contributed by atoms with Crippen molar-refractivity contribution in [2.24, 2.45) is 5.92 Å². The molecule has 2 aromatic rings. The molecule has 1 atom stereocenters. The SMILES string of the molecule is COc1ccc(Br)cc1C=CC(=O)Nc1sc2c(c1C#N)CCC(C)C2. The number of anilines is 1. The van der Waals surface area contributed by atoms with Crippen LogP contribution in [0.15, 0.2) is 28.7 Å². The topological polar surface area (TPSA) is 62.1 Å². The Morgan fingerprint density at radius 3 is 3.04 bits per heavy atom. The van der Waals surface area contributed by atoms with E-state index in [1.54, 1.807) is 13.2 Å². The number of methoxy groups -OCH3 is 1. The molecule has 1 aromatic carbocycles. The molecule has 0 spiro atoms. The summed E-state index contributed by atoms with van der Waals surface area (Å²) in [5, 5.41) is 13.0. The number of halogens is 1. The lowest BCUT2D eigenvalue weighted by molar-refractivity contribution is -0.111. The van der Waals surface area contributed by atoms with E-state index in [-0.39, 0.29) is 5.91 Å². The smallest absolute Gasteiger partial charge is 0.249 e. The van der Waals surface area contributed by atoms with Crippen LogP contribution in [0.2, 0.25) is 0 Å². The van der Waals surface area contributed by atoms with Crippen LogP contribution in [0.3, 0.4) is 0 Å². The van der Waals surface area contributed by atoms with Crippen LogP contribution in [0.25, 0.3) is 6.08 Å². The number of carbonyl (C=O) groups is 1. The van der Waals surface area contributed by atoms with Crippen LogP contribution in [0.1, 0.15) is 34.9 Å². The molecular weight excluding hydrogens is 412 g/mol. The molecule has 4 nitrogen and oxygen atoms in total. The van der Waals surface area contributed by atoms with Gasteiger partial charge >= 0.3 is 0 Å². The molecule has 1 heterocycles. The van der Waals surface area contributed by atoms with Crippen molar-refractivity contribution in [1.82, 2.24) is 0 Å². The Hall–Kier alpha value is -2.10. The quantitative estimate of drug-likeness (QED) is 0.680. The van der Waals surface area contributed by atoms with E-state index >= 15 is 0 Å². The normalized spacial score (nSPS) is 16.2. The summed E-state index contributed by atoms with van der Waals surface area (Å²) in [6.45, 7) is 2.22. The second-order valence-electron chi connectivity index (χ2n) is 6.38. The maximum Gasteiger partial charge on any atom is 0.249 e. The number of benzene rings is 1. The van der Waals surface area contributed by atoms with Crippen LogP contribution in [0.5, 0.6) is 5.75 Å². The molecule has 3 rings (SSSR count). The summed E-state index contributed by atoms with van der Waals surface area (Å²) in [7, 11) is 1.59. The lowest BCUT2D eigenvalue weighted by atomic mass is 9.89. The van der Waals surface area contributed by atoms with Gasteiger partial charge in [0, 0.05) is 21.0 Å². The van der Waals surface area contributed by atoms with Gasteiger partial charge in [-0.1, -0.05) is 22.9 Å². The first-order chi connectivity index (χ1) is 12.5. The van der Waals surface area contributed by atoms with Crippen molar-refractivity contribution in [3.05, 3.63) is 50.3 Å². The Balaban J connectivity index is 1.79. The number of thiophene rings is 1. The number of carbonyl (C=O) groups excluding carboxylic acids is 1. The highest BCUT2D eigenvalue weighted by atomic mass is 79.9. The van der Waals surface area contributed by atoms with Gasteiger partial charge in [0.15, 0.2) is 0 Å². The molecule has 134 valence electrons. The van der Waals surface area contributed by atoms with Crippen molar-refractivity contribution < 1.29 is 9.53 Å². The molecule has 1 unspecified atom stereocenters. The minimum atomic E-state index is -0.254. The number of hydrogen-bond acceptors (Lipinski definition) is 4. The fraction of sp³-hybridized carbons (Fsp3) is 0.300. The van der Waals surface area contributed by atoms with E-state index in [9.17, 15) is 10.1 Å². The third kappa shape index (κ3) is 4.00. The number of nitrogens with zero attached hydrogens (tertiary/aromatic N) is 1. The molecule has 1 amide bonds. The third-order valence-corrected chi connectivity index (χ3v) is 6.13. The van der Waals surface area contributed by atoms with Gasteiger partial charge in [-0.15, -0.1) is 11.3 Å². The molecule has 0 saturated heterocycles. The maximum atomic E-state index is 12.4. The summed E-state index contributed by atoms with van der Waals surface area (Å²) in [6, 6.07) is 7.87. The van der Waals surface area contributed by atoms with Crippen LogP contribution in [-0.2, 0) is 17.6 Å². The highest BCUT2D eigenvalue weighted by Gasteiger charge is 2.24. The Labute approximate surface area is 165 Å². The van der Waals surface area contributed by atoms with E-state index in [0.29, 0.717) is 22.2 Å². The zero-order valence-corrected chi connectivity index (χ0v) is 17.0. The third-order valence-electron chi connectivity index (χ3n) is 4.47. The first kappa shape index (κ1) is 18.7. The zero-order chi connectivity index (χ0) is 18.7. The molecule has 1 aliphatic carbocycles. The molecule has 1 aliphatic rings. The van der Waals surface area contributed by atoms with Gasteiger partial charge < -0.3 is 10.1 Å². The number of nitriles is 1. The average Bonchev–Trinajstić information content (AvgIpc) is 2.95. The van der Waals surface area contributed by atoms with Gasteiger partial charge in [-0.3, -0.25) is 4.79 Å². The molecule has 1 N–H and O–H groups in total. The van der Waals surface area contributed by atoms with E-state index in [4.69, 9.17) is 4.74 Å². The lowest BCUT2D eigenvalue weighted by Gasteiger charge is -2.17. The first-order valence-corrected chi connectivity index (χ1v) is 10.00.